The molecule has 8 heteroatoms. The Bertz CT molecular complexity index is 767. The fraction of sp³-hybridized carbons (Fsp3) is 0.111. The summed E-state index contributed by atoms with van der Waals surface area (Å²) in [5.74, 6) is -0.773. The number of pyridine rings is 1. The molecule has 0 radical (unpaired) electrons. The molecule has 0 aliphatic rings. The van der Waals surface area contributed by atoms with Gasteiger partial charge in [-0.2, -0.15) is 0 Å². The van der Waals surface area contributed by atoms with Crippen molar-refractivity contribution >= 4 is 17.0 Å². The number of hydrogen-bond acceptors (Lipinski definition) is 5. The van der Waals surface area contributed by atoms with Gasteiger partial charge in [0.05, 0.1) is 7.11 Å². The quantitative estimate of drug-likeness (QED) is 0.531. The summed E-state index contributed by atoms with van der Waals surface area (Å²) in [4.78, 5) is 51.7. The minimum Gasteiger partial charge on any atom is -0.464 e. The molecule has 0 aliphatic carbocycles. The van der Waals surface area contributed by atoms with Crippen molar-refractivity contribution in [2.75, 3.05) is 7.11 Å². The summed E-state index contributed by atoms with van der Waals surface area (Å²) in [5, 5.41) is -0.253. The molecule has 17 heavy (non-hydrogen) atoms. The minimum atomic E-state index is -0.818. The number of esters is 1. The van der Waals surface area contributed by atoms with Gasteiger partial charge in [-0.15, -0.1) is 0 Å². The number of aromatic nitrogens is 3. The molecule has 0 spiro atoms. The largest absolute Gasteiger partial charge is 0.464 e. The van der Waals surface area contributed by atoms with Gasteiger partial charge in [-0.3, -0.25) is 19.6 Å². The van der Waals surface area contributed by atoms with E-state index in [2.05, 4.69) is 14.7 Å². The third-order valence-electron chi connectivity index (χ3n) is 2.13. The van der Waals surface area contributed by atoms with Crippen LogP contribution in [-0.4, -0.2) is 28.0 Å². The van der Waals surface area contributed by atoms with Crippen molar-refractivity contribution in [2.24, 2.45) is 0 Å². The molecule has 0 bridgehead atoms. The second kappa shape index (κ2) is 3.74. The van der Waals surface area contributed by atoms with Gasteiger partial charge in [0.1, 0.15) is 16.7 Å². The molecule has 0 saturated carbocycles. The van der Waals surface area contributed by atoms with Crippen molar-refractivity contribution in [1.82, 2.24) is 15.0 Å². The topological polar surface area (TPSA) is 125 Å². The van der Waals surface area contributed by atoms with Gasteiger partial charge in [-0.1, -0.05) is 0 Å². The van der Waals surface area contributed by atoms with E-state index in [0.717, 1.165) is 13.2 Å². The summed E-state index contributed by atoms with van der Waals surface area (Å²) in [6.07, 6.45) is 0. The maximum atomic E-state index is 11.6. The van der Waals surface area contributed by atoms with Crippen LogP contribution in [0, 0.1) is 0 Å². The molecule has 0 amide bonds. The molecule has 2 rings (SSSR count). The number of carbonyl (C=O) groups excluding carboxylic acids is 1. The monoisotopic (exact) mass is 237 g/mol. The average Bonchev–Trinajstić information content (AvgIpc) is 2.26. The van der Waals surface area contributed by atoms with Crippen LogP contribution in [-0.2, 0) is 4.74 Å². The molecule has 2 aromatic rings. The van der Waals surface area contributed by atoms with Gasteiger partial charge in [-0.25, -0.2) is 9.59 Å². The average molecular weight is 237 g/mol. The van der Waals surface area contributed by atoms with E-state index in [1.807, 2.05) is 4.98 Å². The van der Waals surface area contributed by atoms with Crippen LogP contribution in [0.5, 0.6) is 0 Å². The molecule has 0 saturated heterocycles. The zero-order valence-electron chi connectivity index (χ0n) is 8.62. The maximum Gasteiger partial charge on any atom is 0.354 e. The van der Waals surface area contributed by atoms with Crippen LogP contribution in [0.3, 0.4) is 0 Å². The van der Waals surface area contributed by atoms with Crippen molar-refractivity contribution in [2.45, 2.75) is 0 Å². The Morgan fingerprint density at radius 2 is 1.88 bits per heavy atom. The predicted octanol–water partition coefficient (Wildman–Crippen LogP) is -1.31. The Labute approximate surface area is 92.3 Å². The first kappa shape index (κ1) is 10.9. The molecule has 0 fully saturated rings. The third kappa shape index (κ3) is 1.75. The number of methoxy groups -OCH3 is 1. The Balaban J connectivity index is 2.92. The number of rotatable bonds is 1. The summed E-state index contributed by atoms with van der Waals surface area (Å²) >= 11 is 0. The number of aromatic amines is 3. The van der Waals surface area contributed by atoms with Crippen LogP contribution in [0.25, 0.3) is 11.0 Å². The molecule has 0 aliphatic heterocycles. The Hall–Kier alpha value is -2.64. The lowest BCUT2D eigenvalue weighted by molar-refractivity contribution is 0.0594. The lowest BCUT2D eigenvalue weighted by Crippen LogP contribution is -2.27. The molecule has 0 aromatic carbocycles. The molecule has 8 nitrogen and oxygen atoms in total. The van der Waals surface area contributed by atoms with E-state index in [9.17, 15) is 19.2 Å². The number of carbonyl (C=O) groups is 1. The van der Waals surface area contributed by atoms with E-state index in [1.165, 1.54) is 0 Å². The predicted molar refractivity (Wildman–Crippen MR) is 57.1 cm³/mol. The first-order chi connectivity index (χ1) is 8.02. The van der Waals surface area contributed by atoms with E-state index < -0.39 is 22.6 Å². The summed E-state index contributed by atoms with van der Waals surface area (Å²) < 4.78 is 4.41. The fourth-order valence-electron chi connectivity index (χ4n) is 1.41. The van der Waals surface area contributed by atoms with Gasteiger partial charge in [0.15, 0.2) is 5.43 Å². The van der Waals surface area contributed by atoms with Crippen LogP contribution < -0.4 is 16.7 Å². The molecule has 2 heterocycles. The van der Waals surface area contributed by atoms with E-state index in [4.69, 9.17) is 0 Å². The van der Waals surface area contributed by atoms with E-state index in [-0.39, 0.29) is 16.7 Å². The van der Waals surface area contributed by atoms with Gasteiger partial charge >= 0.3 is 11.7 Å². The minimum absolute atomic E-state index is 0.119. The molecular formula is C9H7N3O5. The highest BCUT2D eigenvalue weighted by Crippen LogP contribution is 1.99. The highest BCUT2D eigenvalue weighted by atomic mass is 16.5. The molecule has 3 N–H and O–H groups in total. The van der Waals surface area contributed by atoms with Gasteiger partial charge in [0, 0.05) is 6.07 Å². The summed E-state index contributed by atoms with van der Waals surface area (Å²) in [7, 11) is 1.14. The zero-order chi connectivity index (χ0) is 12.6. The summed E-state index contributed by atoms with van der Waals surface area (Å²) in [6.45, 7) is 0. The fourth-order valence-corrected chi connectivity index (χ4v) is 1.41. The highest BCUT2D eigenvalue weighted by Gasteiger charge is 2.12. The van der Waals surface area contributed by atoms with E-state index >= 15 is 0 Å². The van der Waals surface area contributed by atoms with Gasteiger partial charge < -0.3 is 9.72 Å². The molecule has 88 valence electrons. The lowest BCUT2D eigenvalue weighted by Gasteiger charge is -2.01. The SMILES string of the molecule is COC(=O)c1cc(=O)c2c(=O)[nH]c(=O)[nH]c2[nH]1. The second-order valence-corrected chi connectivity index (χ2v) is 3.20. The van der Waals surface area contributed by atoms with Crippen LogP contribution in [0.1, 0.15) is 10.5 Å². The number of ether oxygens (including phenoxy) is 1. The molecule has 0 unspecified atom stereocenters. The van der Waals surface area contributed by atoms with E-state index in [1.54, 1.807) is 0 Å². The Kier molecular flexibility index (Phi) is 2.39. The molecule has 2 aromatic heterocycles. The van der Waals surface area contributed by atoms with Crippen LogP contribution >= 0.6 is 0 Å². The van der Waals surface area contributed by atoms with Crippen LogP contribution in [0.15, 0.2) is 20.4 Å². The maximum absolute atomic E-state index is 11.6. The highest BCUT2D eigenvalue weighted by molar-refractivity contribution is 5.89. The smallest absolute Gasteiger partial charge is 0.354 e. The standard InChI is InChI=1S/C9H7N3O5/c1-17-8(15)3-2-4(13)5-6(10-3)11-9(16)12-7(5)14/h2H,1H3,(H3,10,11,12,13,14,16). The zero-order valence-corrected chi connectivity index (χ0v) is 8.62. The number of nitrogens with one attached hydrogen (secondary N) is 3. The summed E-state index contributed by atoms with van der Waals surface area (Å²) in [6, 6.07) is 0.932. The number of hydrogen-bond donors (Lipinski definition) is 3. The lowest BCUT2D eigenvalue weighted by atomic mass is 10.3. The third-order valence-corrected chi connectivity index (χ3v) is 2.13. The van der Waals surface area contributed by atoms with Gasteiger partial charge in [-0.05, 0) is 0 Å². The molecular weight excluding hydrogens is 230 g/mol. The van der Waals surface area contributed by atoms with Crippen molar-refractivity contribution in [3.8, 4) is 0 Å². The first-order valence-electron chi connectivity index (χ1n) is 4.51. The van der Waals surface area contributed by atoms with E-state index in [0.29, 0.717) is 0 Å². The second-order valence-electron chi connectivity index (χ2n) is 3.20. The Morgan fingerprint density at radius 1 is 1.18 bits per heavy atom. The van der Waals surface area contributed by atoms with Crippen molar-refractivity contribution in [3.05, 3.63) is 42.8 Å². The molecule has 0 atom stereocenters. The first-order valence-corrected chi connectivity index (χ1v) is 4.51. The van der Waals surface area contributed by atoms with Crippen LogP contribution in [0.2, 0.25) is 0 Å². The van der Waals surface area contributed by atoms with Gasteiger partial charge in [0.2, 0.25) is 0 Å². The summed E-state index contributed by atoms with van der Waals surface area (Å²) in [5.41, 5.74) is -2.55. The van der Waals surface area contributed by atoms with Crippen molar-refractivity contribution in [1.29, 1.82) is 0 Å². The van der Waals surface area contributed by atoms with Gasteiger partial charge in [0.25, 0.3) is 5.56 Å². The number of H-pyrrole nitrogens is 3. The number of fused-ring (bicyclic) bond motifs is 1. The van der Waals surface area contributed by atoms with Crippen LogP contribution in [0.4, 0.5) is 0 Å². The Morgan fingerprint density at radius 3 is 2.53 bits per heavy atom. The van der Waals surface area contributed by atoms with Crippen molar-refractivity contribution in [3.63, 3.8) is 0 Å². The van der Waals surface area contributed by atoms with Crippen molar-refractivity contribution < 1.29 is 9.53 Å². The normalized spacial score (nSPS) is 10.4.